The lowest BCUT2D eigenvalue weighted by molar-refractivity contribution is 1.08. The van der Waals surface area contributed by atoms with Crippen molar-refractivity contribution < 1.29 is 0 Å². The van der Waals surface area contributed by atoms with Crippen LogP contribution in [0.15, 0.2) is 18.5 Å². The smallest absolute Gasteiger partial charge is 0.208 e. The minimum atomic E-state index is 0.660. The summed E-state index contributed by atoms with van der Waals surface area (Å²) in [6, 6.07) is 2.00. The minimum absolute atomic E-state index is 0.660. The first-order valence-electron chi connectivity index (χ1n) is 3.98. The molecular formula is C8H8N4S2. The van der Waals surface area contributed by atoms with Crippen LogP contribution in [0.1, 0.15) is 5.56 Å². The number of hydrogen-bond donors (Lipinski definition) is 2. The van der Waals surface area contributed by atoms with Crippen molar-refractivity contribution in [2.24, 2.45) is 0 Å². The lowest BCUT2D eigenvalue weighted by Crippen LogP contribution is -1.90. The number of aromatic nitrogens is 3. The lowest BCUT2D eigenvalue weighted by Gasteiger charge is -2.00. The zero-order valence-corrected chi connectivity index (χ0v) is 9.08. The van der Waals surface area contributed by atoms with Gasteiger partial charge in [-0.2, -0.15) is 0 Å². The Kier molecular flexibility index (Phi) is 2.55. The van der Waals surface area contributed by atoms with Gasteiger partial charge < -0.3 is 5.32 Å². The molecule has 0 spiro atoms. The molecule has 2 aromatic rings. The third-order valence-electron chi connectivity index (χ3n) is 1.56. The van der Waals surface area contributed by atoms with E-state index in [1.165, 1.54) is 11.3 Å². The Bertz CT molecular complexity index is 488. The van der Waals surface area contributed by atoms with E-state index < -0.39 is 0 Å². The predicted molar refractivity (Wildman–Crippen MR) is 59.6 cm³/mol. The van der Waals surface area contributed by atoms with Gasteiger partial charge in [-0.05, 0) is 30.8 Å². The number of H-pyrrole nitrogens is 1. The summed E-state index contributed by atoms with van der Waals surface area (Å²) in [6.45, 7) is 1.99. The summed E-state index contributed by atoms with van der Waals surface area (Å²) in [5.41, 5.74) is 2.02. The molecule has 0 aliphatic carbocycles. The van der Waals surface area contributed by atoms with Gasteiger partial charge in [0.2, 0.25) is 5.13 Å². The molecule has 2 aromatic heterocycles. The molecule has 2 rings (SSSR count). The second-order valence-corrected chi connectivity index (χ2v) is 4.46. The van der Waals surface area contributed by atoms with E-state index in [-0.39, 0.29) is 0 Å². The summed E-state index contributed by atoms with van der Waals surface area (Å²) in [5, 5.41) is 10.6. The second kappa shape index (κ2) is 3.85. The lowest BCUT2D eigenvalue weighted by atomic mass is 10.3. The molecule has 0 aliphatic rings. The fraction of sp³-hybridized carbons (Fsp3) is 0.125. The molecule has 0 unspecified atom stereocenters. The van der Waals surface area contributed by atoms with E-state index in [4.69, 9.17) is 12.2 Å². The predicted octanol–water partition coefficient (Wildman–Crippen LogP) is 2.65. The van der Waals surface area contributed by atoms with Crippen molar-refractivity contribution in [2.75, 3.05) is 5.32 Å². The van der Waals surface area contributed by atoms with E-state index in [1.54, 1.807) is 12.4 Å². The van der Waals surface area contributed by atoms with Crippen LogP contribution in [-0.2, 0) is 0 Å². The zero-order chi connectivity index (χ0) is 9.97. The Morgan fingerprint density at radius 3 is 3.00 bits per heavy atom. The minimum Gasteiger partial charge on any atom is -0.329 e. The number of rotatable bonds is 2. The molecule has 0 saturated carbocycles. The van der Waals surface area contributed by atoms with Gasteiger partial charge in [-0.1, -0.05) is 11.3 Å². The molecule has 14 heavy (non-hydrogen) atoms. The first kappa shape index (κ1) is 9.29. The quantitative estimate of drug-likeness (QED) is 0.770. The summed E-state index contributed by atoms with van der Waals surface area (Å²) in [4.78, 5) is 4.07. The molecule has 0 atom stereocenters. The van der Waals surface area contributed by atoms with Crippen LogP contribution in [0.4, 0.5) is 10.8 Å². The van der Waals surface area contributed by atoms with Gasteiger partial charge in [-0.15, -0.1) is 5.10 Å². The van der Waals surface area contributed by atoms with Gasteiger partial charge in [0.05, 0.1) is 11.9 Å². The van der Waals surface area contributed by atoms with Crippen LogP contribution in [0.5, 0.6) is 0 Å². The maximum Gasteiger partial charge on any atom is 0.208 e. The van der Waals surface area contributed by atoms with Crippen molar-refractivity contribution in [3.8, 4) is 0 Å². The van der Waals surface area contributed by atoms with Gasteiger partial charge >= 0.3 is 0 Å². The van der Waals surface area contributed by atoms with Crippen molar-refractivity contribution in [3.05, 3.63) is 28.0 Å². The molecule has 0 radical (unpaired) electrons. The molecule has 0 amide bonds. The Balaban J connectivity index is 2.22. The third-order valence-corrected chi connectivity index (χ3v) is 2.57. The second-order valence-electron chi connectivity index (χ2n) is 2.79. The van der Waals surface area contributed by atoms with Gasteiger partial charge in [0, 0.05) is 6.20 Å². The molecule has 0 aliphatic heterocycles. The topological polar surface area (TPSA) is 53.6 Å². The van der Waals surface area contributed by atoms with E-state index >= 15 is 0 Å². The normalized spacial score (nSPS) is 10.1. The molecule has 72 valence electrons. The first-order chi connectivity index (χ1) is 6.74. The van der Waals surface area contributed by atoms with Crippen LogP contribution in [-0.4, -0.2) is 15.2 Å². The van der Waals surface area contributed by atoms with Crippen LogP contribution in [0.2, 0.25) is 0 Å². The van der Waals surface area contributed by atoms with Gasteiger partial charge in [0.25, 0.3) is 0 Å². The van der Waals surface area contributed by atoms with Crippen molar-refractivity contribution >= 4 is 34.4 Å². The van der Waals surface area contributed by atoms with E-state index in [2.05, 4.69) is 20.5 Å². The molecule has 0 saturated heterocycles. The summed E-state index contributed by atoms with van der Waals surface area (Å²) in [5.74, 6) is 0. The zero-order valence-electron chi connectivity index (χ0n) is 7.44. The Hall–Kier alpha value is -1.27. The van der Waals surface area contributed by atoms with E-state index in [0.717, 1.165) is 16.4 Å². The average molecular weight is 224 g/mol. The third kappa shape index (κ3) is 2.15. The number of anilines is 2. The van der Waals surface area contributed by atoms with Crippen molar-refractivity contribution in [2.45, 2.75) is 6.92 Å². The van der Waals surface area contributed by atoms with Crippen LogP contribution < -0.4 is 5.32 Å². The summed E-state index contributed by atoms with van der Waals surface area (Å²) in [6.07, 6.45) is 3.55. The molecule has 4 nitrogen and oxygen atoms in total. The highest BCUT2D eigenvalue weighted by Gasteiger charge is 1.98. The molecule has 6 heteroatoms. The first-order valence-corrected chi connectivity index (χ1v) is 5.21. The van der Waals surface area contributed by atoms with E-state index in [9.17, 15) is 0 Å². The number of nitrogens with one attached hydrogen (secondary N) is 2. The molecule has 2 N–H and O–H groups in total. The van der Waals surface area contributed by atoms with Crippen molar-refractivity contribution in [3.63, 3.8) is 0 Å². The maximum atomic E-state index is 4.92. The molecule has 0 fully saturated rings. The van der Waals surface area contributed by atoms with Crippen LogP contribution in [0, 0.1) is 10.9 Å². The fourth-order valence-electron chi connectivity index (χ4n) is 1.03. The van der Waals surface area contributed by atoms with Gasteiger partial charge in [-0.3, -0.25) is 10.1 Å². The maximum absolute atomic E-state index is 4.92. The van der Waals surface area contributed by atoms with E-state index in [1.807, 2.05) is 13.0 Å². The highest BCUT2D eigenvalue weighted by molar-refractivity contribution is 7.73. The molecule has 2 heterocycles. The summed E-state index contributed by atoms with van der Waals surface area (Å²) >= 11 is 6.32. The number of aryl methyl sites for hydroxylation is 1. The van der Waals surface area contributed by atoms with E-state index in [0.29, 0.717) is 3.95 Å². The number of aromatic amines is 1. The van der Waals surface area contributed by atoms with Crippen LogP contribution in [0.25, 0.3) is 0 Å². The van der Waals surface area contributed by atoms with Gasteiger partial charge in [-0.25, -0.2) is 0 Å². The SMILES string of the molecule is Cc1cncc(Nc2n[nH]c(=S)s2)c1. The van der Waals surface area contributed by atoms with Gasteiger partial charge in [0.15, 0.2) is 3.95 Å². The fourth-order valence-corrected chi connectivity index (χ4v) is 1.84. The molecule has 0 bridgehead atoms. The average Bonchev–Trinajstić information content (AvgIpc) is 2.51. The molecule has 0 aromatic carbocycles. The molecular weight excluding hydrogens is 216 g/mol. The summed E-state index contributed by atoms with van der Waals surface area (Å²) in [7, 11) is 0. The highest BCUT2D eigenvalue weighted by atomic mass is 32.1. The number of hydrogen-bond acceptors (Lipinski definition) is 5. The summed E-state index contributed by atoms with van der Waals surface area (Å²) < 4.78 is 0.660. The standard InChI is InChI=1S/C8H8N4S2/c1-5-2-6(4-9-3-5)10-7-11-12-8(13)14-7/h2-4H,1H3,(H,10,11)(H,12,13). The van der Waals surface area contributed by atoms with Crippen molar-refractivity contribution in [1.29, 1.82) is 0 Å². The van der Waals surface area contributed by atoms with Crippen LogP contribution >= 0.6 is 23.6 Å². The largest absolute Gasteiger partial charge is 0.329 e. The van der Waals surface area contributed by atoms with Gasteiger partial charge in [0.1, 0.15) is 0 Å². The number of pyridine rings is 1. The van der Waals surface area contributed by atoms with Crippen LogP contribution in [0.3, 0.4) is 0 Å². The monoisotopic (exact) mass is 224 g/mol. The Labute approximate surface area is 90.0 Å². The number of nitrogens with zero attached hydrogens (tertiary/aromatic N) is 2. The Morgan fingerprint density at radius 2 is 2.36 bits per heavy atom. The van der Waals surface area contributed by atoms with Crippen molar-refractivity contribution in [1.82, 2.24) is 15.2 Å². The Morgan fingerprint density at radius 1 is 1.50 bits per heavy atom. The highest BCUT2D eigenvalue weighted by Crippen LogP contribution is 2.18.